The number of anilines is 2. The predicted octanol–water partition coefficient (Wildman–Crippen LogP) is 3.52. The van der Waals surface area contributed by atoms with E-state index in [4.69, 9.17) is 0 Å². The van der Waals surface area contributed by atoms with Crippen LogP contribution in [0.5, 0.6) is 0 Å². The number of nitrogens with one attached hydrogen (secondary N) is 1. The maximum atomic E-state index is 13.4. The molecule has 1 aliphatic heterocycles. The second-order valence-electron chi connectivity index (χ2n) is 7.94. The average molecular weight is 381 g/mol. The van der Waals surface area contributed by atoms with Crippen LogP contribution < -0.4 is 10.2 Å². The zero-order valence-electron chi connectivity index (χ0n) is 16.5. The molecule has 0 spiro atoms. The van der Waals surface area contributed by atoms with Gasteiger partial charge >= 0.3 is 0 Å². The summed E-state index contributed by atoms with van der Waals surface area (Å²) >= 11 is 0. The summed E-state index contributed by atoms with van der Waals surface area (Å²) in [4.78, 5) is 6.67. The number of halogens is 1. The molecule has 146 valence electrons. The summed E-state index contributed by atoms with van der Waals surface area (Å²) in [5.41, 5.74) is 3.72. The number of β-amino-alcohol motifs (C(OH)–C–C–N with tert-alkyl or cyclic N) is 1. The topological polar surface area (TPSA) is 74.2 Å². The first kappa shape index (κ1) is 18.6. The zero-order valence-corrected chi connectivity index (χ0v) is 16.5. The average Bonchev–Trinajstić information content (AvgIpc) is 2.61. The molecule has 0 saturated carbocycles. The third kappa shape index (κ3) is 3.38. The quantitative estimate of drug-likeness (QED) is 0.720. The smallest absolute Gasteiger partial charge is 0.158 e. The van der Waals surface area contributed by atoms with Gasteiger partial charge in [-0.15, -0.1) is 5.10 Å². The summed E-state index contributed by atoms with van der Waals surface area (Å²) in [6.07, 6.45) is 1.81. The highest BCUT2D eigenvalue weighted by atomic mass is 19.1. The molecule has 0 amide bonds. The molecule has 1 atom stereocenters. The number of pyridine rings is 1. The molecular weight excluding hydrogens is 357 g/mol. The largest absolute Gasteiger partial charge is 0.386 e. The Labute approximate surface area is 163 Å². The van der Waals surface area contributed by atoms with E-state index in [2.05, 4.69) is 25.4 Å². The number of fused-ring (bicyclic) bond motifs is 1. The summed E-state index contributed by atoms with van der Waals surface area (Å²) < 4.78 is 13.4. The first-order valence-electron chi connectivity index (χ1n) is 9.36. The predicted molar refractivity (Wildman–Crippen MR) is 108 cm³/mol. The van der Waals surface area contributed by atoms with Gasteiger partial charge in [-0.2, -0.15) is 5.10 Å². The van der Waals surface area contributed by atoms with Crippen molar-refractivity contribution in [3.63, 3.8) is 0 Å². The molecule has 2 N–H and O–H groups in total. The van der Waals surface area contributed by atoms with Gasteiger partial charge in [0.15, 0.2) is 5.82 Å². The van der Waals surface area contributed by atoms with Gasteiger partial charge in [0.05, 0.1) is 34.7 Å². The van der Waals surface area contributed by atoms with Gasteiger partial charge in [0.25, 0.3) is 0 Å². The van der Waals surface area contributed by atoms with E-state index in [0.717, 1.165) is 33.4 Å². The maximum Gasteiger partial charge on any atom is 0.158 e. The Morgan fingerprint density at radius 3 is 2.64 bits per heavy atom. The number of hydrogen-bond acceptors (Lipinski definition) is 6. The van der Waals surface area contributed by atoms with Crippen LogP contribution in [0, 0.1) is 19.7 Å². The van der Waals surface area contributed by atoms with Gasteiger partial charge in [0.1, 0.15) is 5.82 Å². The van der Waals surface area contributed by atoms with Crippen LogP contribution in [0.3, 0.4) is 0 Å². The lowest BCUT2D eigenvalue weighted by atomic mass is 9.96. The summed E-state index contributed by atoms with van der Waals surface area (Å²) in [7, 11) is 0. The molecule has 2 aromatic heterocycles. The van der Waals surface area contributed by atoms with E-state index in [-0.39, 0.29) is 11.9 Å². The molecule has 3 heterocycles. The molecule has 1 aromatic carbocycles. The van der Waals surface area contributed by atoms with Crippen LogP contribution in [0.2, 0.25) is 0 Å². The van der Waals surface area contributed by atoms with E-state index in [9.17, 15) is 9.50 Å². The molecule has 0 aliphatic carbocycles. The van der Waals surface area contributed by atoms with Gasteiger partial charge in [-0.1, -0.05) is 6.07 Å². The van der Waals surface area contributed by atoms with Crippen LogP contribution in [-0.4, -0.2) is 39.0 Å². The van der Waals surface area contributed by atoms with Gasteiger partial charge in [0.2, 0.25) is 0 Å². The van der Waals surface area contributed by atoms with E-state index in [0.29, 0.717) is 18.9 Å². The third-order valence-corrected chi connectivity index (χ3v) is 5.25. The number of rotatable bonds is 4. The normalized spacial score (nSPS) is 16.7. The molecule has 1 saturated heterocycles. The zero-order chi connectivity index (χ0) is 20.1. The third-order valence-electron chi connectivity index (χ3n) is 5.25. The molecule has 0 unspecified atom stereocenters. The van der Waals surface area contributed by atoms with E-state index < -0.39 is 5.60 Å². The van der Waals surface area contributed by atoms with Crippen molar-refractivity contribution in [3.8, 4) is 0 Å². The van der Waals surface area contributed by atoms with E-state index in [1.807, 2.05) is 40.0 Å². The van der Waals surface area contributed by atoms with Crippen molar-refractivity contribution < 1.29 is 9.50 Å². The molecule has 7 heteroatoms. The lowest BCUT2D eigenvalue weighted by Gasteiger charge is -2.45. The Kier molecular flexibility index (Phi) is 4.42. The van der Waals surface area contributed by atoms with Gasteiger partial charge in [-0.05, 0) is 57.0 Å². The fourth-order valence-electron chi connectivity index (χ4n) is 3.79. The van der Waals surface area contributed by atoms with Crippen LogP contribution in [0.1, 0.15) is 36.7 Å². The monoisotopic (exact) mass is 381 g/mol. The number of hydrogen-bond donors (Lipinski definition) is 2. The maximum absolute atomic E-state index is 13.4. The molecule has 6 nitrogen and oxygen atoms in total. The van der Waals surface area contributed by atoms with Gasteiger partial charge in [-0.25, -0.2) is 4.39 Å². The van der Waals surface area contributed by atoms with Crippen molar-refractivity contribution in [2.24, 2.45) is 0 Å². The molecule has 3 aromatic rings. The minimum Gasteiger partial charge on any atom is -0.386 e. The fraction of sp³-hybridized carbons (Fsp3) is 0.381. The first-order valence-corrected chi connectivity index (χ1v) is 9.36. The van der Waals surface area contributed by atoms with Crippen LogP contribution in [0.15, 0.2) is 30.5 Å². The molecule has 28 heavy (non-hydrogen) atoms. The van der Waals surface area contributed by atoms with Crippen molar-refractivity contribution in [3.05, 3.63) is 53.1 Å². The van der Waals surface area contributed by atoms with Crippen LogP contribution in [0.25, 0.3) is 10.9 Å². The lowest BCUT2D eigenvalue weighted by molar-refractivity contribution is 0.0310. The Bertz CT molecular complexity index is 1040. The van der Waals surface area contributed by atoms with Gasteiger partial charge in [0, 0.05) is 18.5 Å². The molecular formula is C21H24FN5O. The number of nitrogens with zero attached hydrogens (tertiary/aromatic N) is 4. The van der Waals surface area contributed by atoms with E-state index in [1.165, 1.54) is 12.1 Å². The summed E-state index contributed by atoms with van der Waals surface area (Å²) in [6.45, 7) is 8.76. The highest BCUT2D eigenvalue weighted by Gasteiger charge is 2.36. The van der Waals surface area contributed by atoms with Crippen LogP contribution >= 0.6 is 0 Å². The molecule has 0 bridgehead atoms. The van der Waals surface area contributed by atoms with Gasteiger partial charge in [-0.3, -0.25) is 4.98 Å². The Balaban J connectivity index is 1.69. The molecule has 0 radical (unpaired) electrons. The van der Waals surface area contributed by atoms with Crippen molar-refractivity contribution in [2.45, 2.75) is 39.3 Å². The first-order chi connectivity index (χ1) is 13.2. The van der Waals surface area contributed by atoms with Crippen molar-refractivity contribution in [1.29, 1.82) is 0 Å². The highest BCUT2D eigenvalue weighted by Crippen LogP contribution is 2.32. The summed E-state index contributed by atoms with van der Waals surface area (Å²) in [5, 5.41) is 22.9. The Morgan fingerprint density at radius 1 is 1.21 bits per heavy atom. The summed E-state index contributed by atoms with van der Waals surface area (Å²) in [6, 6.07) is 6.75. The summed E-state index contributed by atoms with van der Waals surface area (Å²) in [5.74, 6) is 0.395. The van der Waals surface area contributed by atoms with E-state index in [1.54, 1.807) is 6.07 Å². The van der Waals surface area contributed by atoms with Crippen LogP contribution in [-0.2, 0) is 0 Å². The molecule has 1 fully saturated rings. The van der Waals surface area contributed by atoms with Crippen molar-refractivity contribution >= 4 is 22.4 Å². The SMILES string of the molecule is Cc1cc(F)ccc1[C@@H](C)Nc1nnc(C)c2ncc(N3CC(C)(O)C3)cc12. The van der Waals surface area contributed by atoms with Crippen LogP contribution in [0.4, 0.5) is 15.9 Å². The Hall–Kier alpha value is -2.80. The second kappa shape index (κ2) is 6.67. The van der Waals surface area contributed by atoms with E-state index >= 15 is 0 Å². The minimum atomic E-state index is -0.656. The number of aryl methyl sites for hydroxylation is 2. The second-order valence-corrected chi connectivity index (χ2v) is 7.94. The van der Waals surface area contributed by atoms with Crippen molar-refractivity contribution in [1.82, 2.24) is 15.2 Å². The fourth-order valence-corrected chi connectivity index (χ4v) is 3.79. The minimum absolute atomic E-state index is 0.0748. The van der Waals surface area contributed by atoms with Gasteiger partial charge < -0.3 is 15.3 Å². The number of aromatic nitrogens is 3. The Morgan fingerprint density at radius 2 is 1.96 bits per heavy atom. The van der Waals surface area contributed by atoms with Crippen molar-refractivity contribution in [2.75, 3.05) is 23.3 Å². The molecule has 4 rings (SSSR count). The lowest BCUT2D eigenvalue weighted by Crippen LogP contribution is -2.60. The highest BCUT2D eigenvalue weighted by molar-refractivity contribution is 5.92. The number of benzene rings is 1. The molecule has 1 aliphatic rings. The number of aliphatic hydroxyl groups is 1. The standard InChI is InChI=1S/C21H24FN5O/c1-12-7-15(22)5-6-17(12)13(2)24-20-18-8-16(27-10-21(4,28)11-27)9-23-19(18)14(3)25-26-20/h5-9,13,28H,10-11H2,1-4H3,(H,24,26)/t13-/m1/s1.